The summed E-state index contributed by atoms with van der Waals surface area (Å²) >= 11 is 0. The number of amides is 4. The number of rotatable bonds is 1. The number of benzene rings is 1. The molecule has 0 saturated carbocycles. The van der Waals surface area contributed by atoms with E-state index < -0.39 is 5.54 Å². The van der Waals surface area contributed by atoms with Crippen molar-refractivity contribution in [3.8, 4) is 0 Å². The average Bonchev–Trinajstić information content (AvgIpc) is 3.11. The lowest BCUT2D eigenvalue weighted by Gasteiger charge is -2.37. The number of likely N-dealkylation sites (tertiary alicyclic amines) is 1. The van der Waals surface area contributed by atoms with Gasteiger partial charge in [0.2, 0.25) is 0 Å². The van der Waals surface area contributed by atoms with Gasteiger partial charge in [0.1, 0.15) is 17.4 Å². The second-order valence-corrected chi connectivity index (χ2v) is 6.31. The summed E-state index contributed by atoms with van der Waals surface area (Å²) in [5.41, 5.74) is 0.343. The molecule has 1 spiro atoms. The highest BCUT2D eigenvalue weighted by atomic mass is 16.3. The summed E-state index contributed by atoms with van der Waals surface area (Å²) in [5.74, 6) is -0.326. The number of para-hydroxylation sites is 1. The van der Waals surface area contributed by atoms with Crippen LogP contribution < -0.4 is 5.32 Å². The van der Waals surface area contributed by atoms with Gasteiger partial charge in [0.05, 0.1) is 5.56 Å². The third-order valence-electron chi connectivity index (χ3n) is 4.98. The Bertz CT molecular complexity index is 848. The van der Waals surface area contributed by atoms with Gasteiger partial charge in [0, 0.05) is 25.5 Å². The Morgan fingerprint density at radius 1 is 1.21 bits per heavy atom. The predicted molar refractivity (Wildman–Crippen MR) is 85.4 cm³/mol. The van der Waals surface area contributed by atoms with Gasteiger partial charge >= 0.3 is 6.03 Å². The Kier molecular flexibility index (Phi) is 3.13. The summed E-state index contributed by atoms with van der Waals surface area (Å²) in [6, 6.07) is 7.02. The molecule has 0 unspecified atom stereocenters. The van der Waals surface area contributed by atoms with Crippen LogP contribution >= 0.6 is 0 Å². The molecular formula is C17H17N3O4. The van der Waals surface area contributed by atoms with Crippen molar-refractivity contribution >= 4 is 28.8 Å². The predicted octanol–water partition coefficient (Wildman–Crippen LogP) is 1.59. The molecule has 0 atom stereocenters. The van der Waals surface area contributed by atoms with Crippen molar-refractivity contribution in [1.82, 2.24) is 15.1 Å². The average molecular weight is 327 g/mol. The van der Waals surface area contributed by atoms with Gasteiger partial charge in [-0.25, -0.2) is 4.79 Å². The molecule has 2 saturated heterocycles. The van der Waals surface area contributed by atoms with Crippen LogP contribution in [-0.2, 0) is 4.79 Å². The molecule has 2 fully saturated rings. The molecule has 2 aliphatic heterocycles. The number of imide groups is 1. The van der Waals surface area contributed by atoms with Gasteiger partial charge in [-0.15, -0.1) is 0 Å². The second-order valence-electron chi connectivity index (χ2n) is 6.31. The molecule has 0 radical (unpaired) electrons. The molecule has 1 N–H and O–H groups in total. The number of hydrogen-bond donors (Lipinski definition) is 1. The van der Waals surface area contributed by atoms with Crippen molar-refractivity contribution in [2.75, 3.05) is 20.1 Å². The molecular weight excluding hydrogens is 310 g/mol. The standard InChI is InChI=1S/C17H17N3O4/c1-19-15(22)17(18-16(19)23)6-8-20(9-7-17)14(21)12-10-24-13-5-3-2-4-11(12)13/h2-5,10H,6-9H2,1H3,(H,18,23). The zero-order chi connectivity index (χ0) is 16.9. The van der Waals surface area contributed by atoms with Crippen LogP contribution in [0.25, 0.3) is 11.0 Å². The highest BCUT2D eigenvalue weighted by molar-refractivity contribution is 6.08. The first-order valence-corrected chi connectivity index (χ1v) is 7.88. The maximum absolute atomic E-state index is 12.8. The van der Waals surface area contributed by atoms with Gasteiger partial charge in [-0.3, -0.25) is 14.5 Å². The van der Waals surface area contributed by atoms with E-state index in [2.05, 4.69) is 5.32 Å². The molecule has 2 aromatic rings. The summed E-state index contributed by atoms with van der Waals surface area (Å²) in [7, 11) is 1.47. The Labute approximate surface area is 138 Å². The van der Waals surface area contributed by atoms with Gasteiger partial charge in [-0.05, 0) is 18.9 Å². The molecule has 0 bridgehead atoms. The first-order valence-electron chi connectivity index (χ1n) is 7.88. The largest absolute Gasteiger partial charge is 0.463 e. The fourth-order valence-corrected chi connectivity index (χ4v) is 3.50. The monoisotopic (exact) mass is 327 g/mol. The maximum atomic E-state index is 12.8. The van der Waals surface area contributed by atoms with E-state index in [-0.39, 0.29) is 17.8 Å². The van der Waals surface area contributed by atoms with Crippen LogP contribution in [0.2, 0.25) is 0 Å². The topological polar surface area (TPSA) is 82.9 Å². The van der Waals surface area contributed by atoms with Crippen molar-refractivity contribution in [3.63, 3.8) is 0 Å². The van der Waals surface area contributed by atoms with E-state index >= 15 is 0 Å². The zero-order valence-corrected chi connectivity index (χ0v) is 13.2. The highest BCUT2D eigenvalue weighted by Gasteiger charge is 2.51. The molecule has 0 aliphatic carbocycles. The van der Waals surface area contributed by atoms with Crippen LogP contribution in [0, 0.1) is 0 Å². The summed E-state index contributed by atoms with van der Waals surface area (Å²) in [5, 5.41) is 3.56. The summed E-state index contributed by atoms with van der Waals surface area (Å²) in [6.45, 7) is 0.830. The van der Waals surface area contributed by atoms with Crippen LogP contribution in [0.1, 0.15) is 23.2 Å². The summed E-state index contributed by atoms with van der Waals surface area (Å²) in [6.07, 6.45) is 2.32. The van der Waals surface area contributed by atoms with E-state index in [4.69, 9.17) is 4.42 Å². The Morgan fingerprint density at radius 2 is 1.92 bits per heavy atom. The van der Waals surface area contributed by atoms with Crippen LogP contribution in [0.3, 0.4) is 0 Å². The lowest BCUT2D eigenvalue weighted by molar-refractivity contribution is -0.131. The minimum absolute atomic E-state index is 0.111. The van der Waals surface area contributed by atoms with Crippen LogP contribution in [-0.4, -0.2) is 53.3 Å². The SMILES string of the molecule is CN1C(=O)NC2(CCN(C(=O)c3coc4ccccc34)CC2)C1=O. The van der Waals surface area contributed by atoms with Crippen LogP contribution in [0.4, 0.5) is 4.79 Å². The Morgan fingerprint density at radius 3 is 2.58 bits per heavy atom. The summed E-state index contributed by atoms with van der Waals surface area (Å²) in [4.78, 5) is 39.6. The molecule has 24 heavy (non-hydrogen) atoms. The number of hydrogen-bond acceptors (Lipinski definition) is 4. The molecule has 124 valence electrons. The second kappa shape index (κ2) is 5.09. The van der Waals surface area contributed by atoms with E-state index in [0.29, 0.717) is 37.1 Å². The zero-order valence-electron chi connectivity index (χ0n) is 13.2. The fourth-order valence-electron chi connectivity index (χ4n) is 3.50. The molecule has 2 aliphatic rings. The van der Waals surface area contributed by atoms with Crippen molar-refractivity contribution in [3.05, 3.63) is 36.1 Å². The number of urea groups is 1. The van der Waals surface area contributed by atoms with E-state index in [1.165, 1.54) is 13.3 Å². The van der Waals surface area contributed by atoms with E-state index in [9.17, 15) is 14.4 Å². The molecule has 3 heterocycles. The molecule has 1 aromatic carbocycles. The molecule has 4 amide bonds. The van der Waals surface area contributed by atoms with E-state index in [0.717, 1.165) is 10.3 Å². The van der Waals surface area contributed by atoms with E-state index in [1.807, 2.05) is 24.3 Å². The first kappa shape index (κ1) is 14.7. The number of fused-ring (bicyclic) bond motifs is 1. The van der Waals surface area contributed by atoms with Gasteiger partial charge < -0.3 is 14.6 Å². The summed E-state index contributed by atoms with van der Waals surface area (Å²) < 4.78 is 5.43. The molecule has 4 rings (SSSR count). The Hall–Kier alpha value is -2.83. The fraction of sp³-hybridized carbons (Fsp3) is 0.353. The lowest BCUT2D eigenvalue weighted by atomic mass is 9.87. The third kappa shape index (κ3) is 2.01. The number of nitrogens with zero attached hydrogens (tertiary/aromatic N) is 2. The van der Waals surface area contributed by atoms with Gasteiger partial charge in [0.25, 0.3) is 11.8 Å². The van der Waals surface area contributed by atoms with Crippen LogP contribution in [0.5, 0.6) is 0 Å². The maximum Gasteiger partial charge on any atom is 0.324 e. The molecule has 7 heteroatoms. The number of likely N-dealkylation sites (N-methyl/N-ethyl adjacent to an activating group) is 1. The first-order chi connectivity index (χ1) is 11.5. The smallest absolute Gasteiger partial charge is 0.324 e. The molecule has 1 aromatic heterocycles. The van der Waals surface area contributed by atoms with Crippen molar-refractivity contribution in [2.45, 2.75) is 18.4 Å². The Balaban J connectivity index is 1.53. The minimum Gasteiger partial charge on any atom is -0.463 e. The van der Waals surface area contributed by atoms with Gasteiger partial charge in [0.15, 0.2) is 0 Å². The van der Waals surface area contributed by atoms with Crippen molar-refractivity contribution < 1.29 is 18.8 Å². The van der Waals surface area contributed by atoms with Crippen molar-refractivity contribution in [1.29, 1.82) is 0 Å². The van der Waals surface area contributed by atoms with Gasteiger partial charge in [-0.2, -0.15) is 0 Å². The molecule has 7 nitrogen and oxygen atoms in total. The van der Waals surface area contributed by atoms with Crippen LogP contribution in [0.15, 0.2) is 34.9 Å². The lowest BCUT2D eigenvalue weighted by Crippen LogP contribution is -2.55. The highest BCUT2D eigenvalue weighted by Crippen LogP contribution is 2.30. The number of nitrogens with one attached hydrogen (secondary N) is 1. The van der Waals surface area contributed by atoms with Gasteiger partial charge in [-0.1, -0.05) is 18.2 Å². The van der Waals surface area contributed by atoms with E-state index in [1.54, 1.807) is 4.90 Å². The normalized spacial score (nSPS) is 20.0. The number of furan rings is 1. The number of piperidine rings is 1. The third-order valence-corrected chi connectivity index (χ3v) is 4.98. The minimum atomic E-state index is -0.860. The number of carbonyl (C=O) groups excluding carboxylic acids is 3. The van der Waals surface area contributed by atoms with Crippen molar-refractivity contribution in [2.24, 2.45) is 0 Å². The number of carbonyl (C=O) groups is 3. The quantitative estimate of drug-likeness (QED) is 0.806.